The summed E-state index contributed by atoms with van der Waals surface area (Å²) in [6, 6.07) is 0. The second-order valence-corrected chi connectivity index (χ2v) is 3.18. The molecular formula is C7H5BrF2N2O2. The molecule has 0 saturated carbocycles. The van der Waals surface area contributed by atoms with Crippen molar-refractivity contribution in [3.8, 4) is 5.75 Å². The quantitative estimate of drug-likeness (QED) is 0.854. The van der Waals surface area contributed by atoms with Crippen molar-refractivity contribution >= 4 is 21.8 Å². The van der Waals surface area contributed by atoms with Crippen molar-refractivity contribution in [2.24, 2.45) is 5.73 Å². The largest absolute Gasteiger partial charge is 0.504 e. The molecule has 0 aromatic carbocycles. The monoisotopic (exact) mass is 266 g/mol. The maximum Gasteiger partial charge on any atom is 0.271 e. The smallest absolute Gasteiger partial charge is 0.271 e. The van der Waals surface area contributed by atoms with Crippen LogP contribution in [0.25, 0.3) is 0 Å². The van der Waals surface area contributed by atoms with E-state index in [0.717, 1.165) is 6.20 Å². The molecule has 3 N–H and O–H groups in total. The lowest BCUT2D eigenvalue weighted by Gasteiger charge is -2.06. The van der Waals surface area contributed by atoms with Gasteiger partial charge in [0.05, 0.1) is 10.0 Å². The predicted octanol–water partition coefficient (Wildman–Crippen LogP) is 1.59. The van der Waals surface area contributed by atoms with E-state index in [-0.39, 0.29) is 4.47 Å². The summed E-state index contributed by atoms with van der Waals surface area (Å²) in [5, 5.41) is 9.25. The number of carbonyl (C=O) groups excluding carboxylic acids is 1. The van der Waals surface area contributed by atoms with Gasteiger partial charge < -0.3 is 10.8 Å². The van der Waals surface area contributed by atoms with Crippen molar-refractivity contribution in [1.29, 1.82) is 0 Å². The molecule has 0 saturated heterocycles. The van der Waals surface area contributed by atoms with E-state index in [1.165, 1.54) is 0 Å². The summed E-state index contributed by atoms with van der Waals surface area (Å²) in [4.78, 5) is 14.0. The molecule has 0 spiro atoms. The lowest BCUT2D eigenvalue weighted by molar-refractivity contribution is 0.0991. The lowest BCUT2D eigenvalue weighted by Crippen LogP contribution is -2.13. The highest BCUT2D eigenvalue weighted by Gasteiger charge is 2.20. The van der Waals surface area contributed by atoms with Crippen LogP contribution in [-0.4, -0.2) is 16.0 Å². The number of nitrogens with two attached hydrogens (primary N) is 1. The maximum atomic E-state index is 12.2. The van der Waals surface area contributed by atoms with Crippen LogP contribution in [0, 0.1) is 0 Å². The number of hydrogen-bond donors (Lipinski definition) is 2. The number of amides is 1. The van der Waals surface area contributed by atoms with Gasteiger partial charge in [0.2, 0.25) is 0 Å². The first-order valence-electron chi connectivity index (χ1n) is 3.40. The van der Waals surface area contributed by atoms with E-state index in [1.54, 1.807) is 0 Å². The Bertz CT molecular complexity index is 384. The summed E-state index contributed by atoms with van der Waals surface area (Å²) >= 11 is 2.72. The summed E-state index contributed by atoms with van der Waals surface area (Å²) in [6.45, 7) is 0. The number of halogens is 3. The Hall–Kier alpha value is -1.24. The van der Waals surface area contributed by atoms with Gasteiger partial charge in [-0.3, -0.25) is 4.79 Å². The SMILES string of the molecule is NC(=O)c1ncc(C(F)F)c(Br)c1O. The van der Waals surface area contributed by atoms with Crippen LogP contribution in [0.5, 0.6) is 5.75 Å². The lowest BCUT2D eigenvalue weighted by atomic mass is 10.2. The third-order valence-corrected chi connectivity index (χ3v) is 2.32. The van der Waals surface area contributed by atoms with Crippen LogP contribution < -0.4 is 5.73 Å². The van der Waals surface area contributed by atoms with E-state index in [2.05, 4.69) is 20.9 Å². The summed E-state index contributed by atoms with van der Waals surface area (Å²) in [5.74, 6) is -1.65. The molecule has 1 rings (SSSR count). The Morgan fingerprint density at radius 1 is 1.64 bits per heavy atom. The second kappa shape index (κ2) is 3.87. The molecule has 0 bridgehead atoms. The van der Waals surface area contributed by atoms with Gasteiger partial charge in [-0.25, -0.2) is 13.8 Å². The van der Waals surface area contributed by atoms with Crippen molar-refractivity contribution in [2.45, 2.75) is 6.43 Å². The van der Waals surface area contributed by atoms with Crippen molar-refractivity contribution in [3.63, 3.8) is 0 Å². The van der Waals surface area contributed by atoms with Crippen LogP contribution in [0.1, 0.15) is 22.5 Å². The van der Waals surface area contributed by atoms with Crippen molar-refractivity contribution in [1.82, 2.24) is 4.98 Å². The van der Waals surface area contributed by atoms with Crippen molar-refractivity contribution < 1.29 is 18.7 Å². The Morgan fingerprint density at radius 2 is 2.21 bits per heavy atom. The van der Waals surface area contributed by atoms with Crippen LogP contribution in [0.15, 0.2) is 10.7 Å². The number of aromatic nitrogens is 1. The van der Waals surface area contributed by atoms with Gasteiger partial charge in [-0.05, 0) is 15.9 Å². The Balaban J connectivity index is 3.33. The first kappa shape index (κ1) is 10.8. The summed E-state index contributed by atoms with van der Waals surface area (Å²) in [7, 11) is 0. The van der Waals surface area contributed by atoms with E-state index in [0.29, 0.717) is 0 Å². The Kier molecular flexibility index (Phi) is 3.00. The van der Waals surface area contributed by atoms with Crippen molar-refractivity contribution in [3.05, 3.63) is 21.9 Å². The minimum absolute atomic E-state index is 0.267. The third kappa shape index (κ3) is 1.82. The third-order valence-electron chi connectivity index (χ3n) is 1.49. The number of primary amides is 1. The van der Waals surface area contributed by atoms with Gasteiger partial charge in [-0.1, -0.05) is 0 Å². The summed E-state index contributed by atoms with van der Waals surface area (Å²) in [5.41, 5.74) is 3.90. The topological polar surface area (TPSA) is 76.2 Å². The zero-order valence-corrected chi connectivity index (χ0v) is 8.25. The fraction of sp³-hybridized carbons (Fsp3) is 0.143. The molecule has 0 atom stereocenters. The molecule has 76 valence electrons. The van der Waals surface area contributed by atoms with Crippen LogP contribution in [-0.2, 0) is 0 Å². The van der Waals surface area contributed by atoms with Gasteiger partial charge >= 0.3 is 0 Å². The number of pyridine rings is 1. The number of nitrogens with zero attached hydrogens (tertiary/aromatic N) is 1. The average molecular weight is 267 g/mol. The van der Waals surface area contributed by atoms with Crippen molar-refractivity contribution in [2.75, 3.05) is 0 Å². The van der Waals surface area contributed by atoms with Gasteiger partial charge in [0, 0.05) is 6.20 Å². The van der Waals surface area contributed by atoms with Gasteiger partial charge in [-0.2, -0.15) is 0 Å². The van der Waals surface area contributed by atoms with E-state index < -0.39 is 29.3 Å². The number of carbonyl (C=O) groups is 1. The van der Waals surface area contributed by atoms with Gasteiger partial charge in [0.15, 0.2) is 11.4 Å². The summed E-state index contributed by atoms with van der Waals surface area (Å²) < 4.78 is 24.2. The molecule has 0 aliphatic carbocycles. The minimum atomic E-state index is -2.79. The van der Waals surface area contributed by atoms with E-state index >= 15 is 0 Å². The van der Waals surface area contributed by atoms with Crippen LogP contribution in [0.2, 0.25) is 0 Å². The molecule has 0 unspecified atom stereocenters. The maximum absolute atomic E-state index is 12.2. The molecule has 1 aromatic rings. The Morgan fingerprint density at radius 3 is 2.64 bits per heavy atom. The zero-order chi connectivity index (χ0) is 10.9. The van der Waals surface area contributed by atoms with Crippen LogP contribution in [0.3, 0.4) is 0 Å². The summed E-state index contributed by atoms with van der Waals surface area (Å²) in [6.07, 6.45) is -2.00. The number of aromatic hydroxyl groups is 1. The molecule has 0 aliphatic heterocycles. The molecule has 4 nitrogen and oxygen atoms in total. The number of alkyl halides is 2. The molecule has 1 heterocycles. The molecule has 0 radical (unpaired) electrons. The molecule has 1 aromatic heterocycles. The number of rotatable bonds is 2. The van der Waals surface area contributed by atoms with Crippen LogP contribution in [0.4, 0.5) is 8.78 Å². The highest BCUT2D eigenvalue weighted by Crippen LogP contribution is 2.34. The Labute approximate surface area is 85.9 Å². The van der Waals surface area contributed by atoms with Gasteiger partial charge in [-0.15, -0.1) is 0 Å². The first-order valence-corrected chi connectivity index (χ1v) is 4.19. The van der Waals surface area contributed by atoms with E-state index in [4.69, 9.17) is 5.73 Å². The second-order valence-electron chi connectivity index (χ2n) is 2.39. The highest BCUT2D eigenvalue weighted by atomic mass is 79.9. The highest BCUT2D eigenvalue weighted by molar-refractivity contribution is 9.10. The van der Waals surface area contributed by atoms with E-state index in [1.807, 2.05) is 0 Å². The normalized spacial score (nSPS) is 10.6. The van der Waals surface area contributed by atoms with Gasteiger partial charge in [0.1, 0.15) is 0 Å². The fourth-order valence-electron chi connectivity index (χ4n) is 0.825. The number of hydrogen-bond acceptors (Lipinski definition) is 3. The zero-order valence-electron chi connectivity index (χ0n) is 6.67. The molecule has 0 fully saturated rings. The molecular weight excluding hydrogens is 262 g/mol. The van der Waals surface area contributed by atoms with E-state index in [9.17, 15) is 18.7 Å². The molecule has 1 amide bonds. The first-order chi connectivity index (χ1) is 6.45. The fourth-order valence-corrected chi connectivity index (χ4v) is 1.29. The van der Waals surface area contributed by atoms with Gasteiger partial charge in [0.25, 0.3) is 12.3 Å². The molecule has 7 heteroatoms. The van der Waals surface area contributed by atoms with Crippen LogP contribution >= 0.6 is 15.9 Å². The molecule has 0 aliphatic rings. The molecule has 14 heavy (non-hydrogen) atoms. The standard InChI is InChI=1S/C7H5BrF2N2O2/c8-3-2(6(9)10)1-12-4(5(3)13)7(11)14/h1,6,13H,(H2,11,14). The predicted molar refractivity (Wildman–Crippen MR) is 47.1 cm³/mol. The minimum Gasteiger partial charge on any atom is -0.504 e. The average Bonchev–Trinajstić information content (AvgIpc) is 2.08.